The molecule has 0 aromatic heterocycles. The Morgan fingerprint density at radius 1 is 0.857 bits per heavy atom. The number of hydrogen-bond donors (Lipinski definition) is 0. The van der Waals surface area contributed by atoms with E-state index in [0.29, 0.717) is 0 Å². The molecule has 0 saturated heterocycles. The molecule has 114 valence electrons. The van der Waals surface area contributed by atoms with Crippen molar-refractivity contribution in [3.05, 3.63) is 70.7 Å². The van der Waals surface area contributed by atoms with E-state index in [9.17, 15) is 0 Å². The normalized spacial score (nSPS) is 11.4. The van der Waals surface area contributed by atoms with Gasteiger partial charge in [0.05, 0.1) is 0 Å². The molecule has 0 heterocycles. The van der Waals surface area contributed by atoms with Crippen LogP contribution in [0.3, 0.4) is 0 Å². The largest absolute Gasteiger partial charge is 0.0654 e. The Balaban J connectivity index is 0.000000262. The SMILES string of the molecule is Brc1ccccc1.CCCCC(CC)Cc1ccccc1. The van der Waals surface area contributed by atoms with Crippen LogP contribution in [0.1, 0.15) is 45.1 Å². The van der Waals surface area contributed by atoms with Gasteiger partial charge in [-0.1, -0.05) is 104 Å². The molecule has 0 bridgehead atoms. The van der Waals surface area contributed by atoms with Gasteiger partial charge in [-0.2, -0.15) is 0 Å². The predicted molar refractivity (Wildman–Crippen MR) is 97.6 cm³/mol. The molecule has 0 fully saturated rings. The van der Waals surface area contributed by atoms with Crippen molar-refractivity contribution in [2.24, 2.45) is 5.92 Å². The average molecular weight is 347 g/mol. The highest BCUT2D eigenvalue weighted by Crippen LogP contribution is 2.18. The summed E-state index contributed by atoms with van der Waals surface area (Å²) in [5, 5.41) is 0. The van der Waals surface area contributed by atoms with Gasteiger partial charge in [-0.3, -0.25) is 0 Å². The van der Waals surface area contributed by atoms with Crippen molar-refractivity contribution in [1.29, 1.82) is 0 Å². The molecule has 2 aromatic rings. The summed E-state index contributed by atoms with van der Waals surface area (Å²) in [7, 11) is 0. The average Bonchev–Trinajstić information content (AvgIpc) is 2.54. The zero-order valence-corrected chi connectivity index (χ0v) is 14.9. The molecule has 0 amide bonds. The molecule has 1 heteroatoms. The maximum atomic E-state index is 3.31. The van der Waals surface area contributed by atoms with Gasteiger partial charge < -0.3 is 0 Å². The van der Waals surface area contributed by atoms with Gasteiger partial charge in [-0.05, 0) is 30.0 Å². The van der Waals surface area contributed by atoms with Crippen molar-refractivity contribution in [2.75, 3.05) is 0 Å². The van der Waals surface area contributed by atoms with Crippen LogP contribution in [-0.4, -0.2) is 0 Å². The Labute approximate surface area is 138 Å². The Bertz CT molecular complexity index is 450. The smallest absolute Gasteiger partial charge is 0.0175 e. The minimum absolute atomic E-state index is 0.886. The summed E-state index contributed by atoms with van der Waals surface area (Å²) in [5.41, 5.74) is 1.50. The van der Waals surface area contributed by atoms with Gasteiger partial charge in [-0.25, -0.2) is 0 Å². The molecule has 2 rings (SSSR count). The van der Waals surface area contributed by atoms with Crippen molar-refractivity contribution in [3.8, 4) is 0 Å². The van der Waals surface area contributed by atoms with Crippen molar-refractivity contribution in [2.45, 2.75) is 46.0 Å². The standard InChI is InChI=1S/C14H22.C6H5Br/c1-3-5-9-13(4-2)12-14-10-7-6-8-11-14;7-6-4-2-1-3-5-6/h6-8,10-11,13H,3-5,9,12H2,1-2H3;1-5H. The van der Waals surface area contributed by atoms with Crippen molar-refractivity contribution >= 4 is 15.9 Å². The topological polar surface area (TPSA) is 0 Å². The van der Waals surface area contributed by atoms with Crippen LogP contribution in [0.5, 0.6) is 0 Å². The van der Waals surface area contributed by atoms with E-state index in [0.717, 1.165) is 10.4 Å². The second-order valence-corrected chi connectivity index (χ2v) is 6.32. The van der Waals surface area contributed by atoms with Gasteiger partial charge in [0.2, 0.25) is 0 Å². The van der Waals surface area contributed by atoms with E-state index in [-0.39, 0.29) is 0 Å². The summed E-state index contributed by atoms with van der Waals surface area (Å²) in [6.45, 7) is 4.58. The molecule has 0 aliphatic heterocycles. The van der Waals surface area contributed by atoms with Crippen LogP contribution in [0.2, 0.25) is 0 Å². The van der Waals surface area contributed by atoms with Crippen LogP contribution >= 0.6 is 15.9 Å². The fourth-order valence-electron chi connectivity index (χ4n) is 2.31. The maximum absolute atomic E-state index is 3.31. The van der Waals surface area contributed by atoms with Crippen LogP contribution in [-0.2, 0) is 6.42 Å². The van der Waals surface area contributed by atoms with Gasteiger partial charge in [0.25, 0.3) is 0 Å². The lowest BCUT2D eigenvalue weighted by Gasteiger charge is -2.13. The molecule has 21 heavy (non-hydrogen) atoms. The highest BCUT2D eigenvalue weighted by molar-refractivity contribution is 9.10. The molecule has 0 spiro atoms. The number of hydrogen-bond acceptors (Lipinski definition) is 0. The number of halogens is 1. The van der Waals surface area contributed by atoms with E-state index in [1.807, 2.05) is 30.3 Å². The van der Waals surface area contributed by atoms with E-state index in [1.165, 1.54) is 37.7 Å². The summed E-state index contributed by atoms with van der Waals surface area (Å²) in [6.07, 6.45) is 6.67. The number of benzene rings is 2. The van der Waals surface area contributed by atoms with Crippen LogP contribution < -0.4 is 0 Å². The second kappa shape index (κ2) is 11.6. The second-order valence-electron chi connectivity index (χ2n) is 5.40. The van der Waals surface area contributed by atoms with E-state index in [2.05, 4.69) is 60.1 Å². The molecule has 1 unspecified atom stereocenters. The van der Waals surface area contributed by atoms with Crippen LogP contribution in [0.15, 0.2) is 65.1 Å². The highest BCUT2D eigenvalue weighted by atomic mass is 79.9. The zero-order chi connectivity index (χ0) is 15.3. The molecule has 2 aromatic carbocycles. The Hall–Kier alpha value is -1.08. The summed E-state index contributed by atoms with van der Waals surface area (Å²) >= 11 is 3.31. The third-order valence-electron chi connectivity index (χ3n) is 3.64. The molecule has 0 aliphatic carbocycles. The first-order valence-corrected chi connectivity index (χ1v) is 8.80. The summed E-state index contributed by atoms with van der Waals surface area (Å²) in [5.74, 6) is 0.886. The first-order chi connectivity index (χ1) is 10.3. The first kappa shape index (κ1) is 18.0. The maximum Gasteiger partial charge on any atom is 0.0175 e. The van der Waals surface area contributed by atoms with Gasteiger partial charge >= 0.3 is 0 Å². The molecular formula is C20H27Br. The molecule has 0 radical (unpaired) electrons. The van der Waals surface area contributed by atoms with E-state index in [4.69, 9.17) is 0 Å². The lowest BCUT2D eigenvalue weighted by atomic mass is 9.92. The Kier molecular flexibility index (Phi) is 9.90. The van der Waals surface area contributed by atoms with Gasteiger partial charge in [0, 0.05) is 4.47 Å². The lowest BCUT2D eigenvalue weighted by Crippen LogP contribution is -2.03. The summed E-state index contributed by atoms with van der Waals surface area (Å²) < 4.78 is 1.13. The fraction of sp³-hybridized carbons (Fsp3) is 0.400. The number of rotatable bonds is 6. The van der Waals surface area contributed by atoms with Crippen molar-refractivity contribution in [3.63, 3.8) is 0 Å². The molecular weight excluding hydrogens is 320 g/mol. The third-order valence-corrected chi connectivity index (χ3v) is 4.17. The lowest BCUT2D eigenvalue weighted by molar-refractivity contribution is 0.449. The zero-order valence-electron chi connectivity index (χ0n) is 13.3. The molecule has 0 nitrogen and oxygen atoms in total. The van der Waals surface area contributed by atoms with E-state index >= 15 is 0 Å². The van der Waals surface area contributed by atoms with Crippen molar-refractivity contribution < 1.29 is 0 Å². The number of unbranched alkanes of at least 4 members (excludes halogenated alkanes) is 1. The summed E-state index contributed by atoms with van der Waals surface area (Å²) in [4.78, 5) is 0. The molecule has 0 aliphatic rings. The highest BCUT2D eigenvalue weighted by Gasteiger charge is 2.06. The van der Waals surface area contributed by atoms with Gasteiger partial charge in [0.1, 0.15) is 0 Å². The van der Waals surface area contributed by atoms with Crippen LogP contribution in [0, 0.1) is 5.92 Å². The monoisotopic (exact) mass is 346 g/mol. The quantitative estimate of drug-likeness (QED) is 0.533. The third kappa shape index (κ3) is 8.72. The van der Waals surface area contributed by atoms with Crippen LogP contribution in [0.25, 0.3) is 0 Å². The fourth-order valence-corrected chi connectivity index (χ4v) is 2.61. The summed E-state index contributed by atoms with van der Waals surface area (Å²) in [6, 6.07) is 20.8. The molecule has 1 atom stereocenters. The minimum Gasteiger partial charge on any atom is -0.0654 e. The Morgan fingerprint density at radius 3 is 1.86 bits per heavy atom. The van der Waals surface area contributed by atoms with Gasteiger partial charge in [0.15, 0.2) is 0 Å². The predicted octanol–water partition coefficient (Wildman–Crippen LogP) is 6.89. The van der Waals surface area contributed by atoms with Gasteiger partial charge in [-0.15, -0.1) is 0 Å². The molecule has 0 N–H and O–H groups in total. The molecule has 0 saturated carbocycles. The first-order valence-electron chi connectivity index (χ1n) is 8.00. The minimum atomic E-state index is 0.886. The van der Waals surface area contributed by atoms with E-state index in [1.54, 1.807) is 0 Å². The van der Waals surface area contributed by atoms with Crippen LogP contribution in [0.4, 0.5) is 0 Å². The van der Waals surface area contributed by atoms with E-state index < -0.39 is 0 Å². The Morgan fingerprint density at radius 2 is 1.43 bits per heavy atom. The van der Waals surface area contributed by atoms with Crippen molar-refractivity contribution in [1.82, 2.24) is 0 Å².